The van der Waals surface area contributed by atoms with Gasteiger partial charge in [-0.2, -0.15) is 0 Å². The predicted octanol–water partition coefficient (Wildman–Crippen LogP) is 1.18. The van der Waals surface area contributed by atoms with Crippen LogP contribution in [0.4, 0.5) is 0 Å². The summed E-state index contributed by atoms with van der Waals surface area (Å²) in [6.07, 6.45) is 2.58. The standard InChI is InChI=1S/C14H14N4O3/c1-9-3-4-11(7-10(9)2)13(19)18(15)21-14(20)12-5-6-16-8-17-12/h3-8H,15H2,1-2H3. The summed E-state index contributed by atoms with van der Waals surface area (Å²) in [6.45, 7) is 3.80. The molecule has 1 aromatic heterocycles. The number of benzene rings is 1. The number of hydrazine groups is 1. The molecule has 0 fully saturated rings. The van der Waals surface area contributed by atoms with E-state index in [9.17, 15) is 9.59 Å². The van der Waals surface area contributed by atoms with Crippen LogP contribution in [-0.4, -0.2) is 27.0 Å². The average molecular weight is 286 g/mol. The average Bonchev–Trinajstić information content (AvgIpc) is 2.50. The highest BCUT2D eigenvalue weighted by atomic mass is 16.7. The number of nitrogens with zero attached hydrogens (tertiary/aromatic N) is 3. The van der Waals surface area contributed by atoms with Crippen molar-refractivity contribution in [1.29, 1.82) is 0 Å². The summed E-state index contributed by atoms with van der Waals surface area (Å²) < 4.78 is 0. The Labute approximate surface area is 121 Å². The topological polar surface area (TPSA) is 98.4 Å². The Balaban J connectivity index is 2.09. The van der Waals surface area contributed by atoms with Gasteiger partial charge in [-0.3, -0.25) is 4.79 Å². The van der Waals surface area contributed by atoms with Gasteiger partial charge in [0.15, 0.2) is 5.69 Å². The smallest absolute Gasteiger partial charge is 0.315 e. The van der Waals surface area contributed by atoms with Crippen molar-refractivity contribution < 1.29 is 14.4 Å². The molecule has 1 heterocycles. The molecule has 0 aliphatic rings. The number of amides is 1. The molecule has 0 spiro atoms. The predicted molar refractivity (Wildman–Crippen MR) is 73.7 cm³/mol. The van der Waals surface area contributed by atoms with Gasteiger partial charge >= 0.3 is 11.9 Å². The summed E-state index contributed by atoms with van der Waals surface area (Å²) in [7, 11) is 0. The number of rotatable bonds is 2. The minimum absolute atomic E-state index is 0.00772. The molecule has 108 valence electrons. The van der Waals surface area contributed by atoms with E-state index in [2.05, 4.69) is 9.97 Å². The molecule has 0 aliphatic heterocycles. The molecule has 1 amide bonds. The number of aromatic nitrogens is 2. The molecule has 0 saturated heterocycles. The zero-order valence-corrected chi connectivity index (χ0v) is 11.6. The Kier molecular flexibility index (Phi) is 4.24. The van der Waals surface area contributed by atoms with Crippen LogP contribution in [0.2, 0.25) is 0 Å². The van der Waals surface area contributed by atoms with Crippen molar-refractivity contribution in [2.24, 2.45) is 5.84 Å². The highest BCUT2D eigenvalue weighted by Gasteiger charge is 2.19. The lowest BCUT2D eigenvalue weighted by molar-refractivity contribution is -0.0833. The second-order valence-electron chi connectivity index (χ2n) is 4.40. The molecule has 1 aromatic carbocycles. The number of hydrogen-bond donors (Lipinski definition) is 1. The lowest BCUT2D eigenvalue weighted by Gasteiger charge is -2.15. The van der Waals surface area contributed by atoms with Crippen molar-refractivity contribution in [3.8, 4) is 0 Å². The fourth-order valence-electron chi connectivity index (χ4n) is 1.59. The minimum Gasteiger partial charge on any atom is -0.315 e. The van der Waals surface area contributed by atoms with Gasteiger partial charge in [-0.1, -0.05) is 11.2 Å². The second kappa shape index (κ2) is 6.10. The Morgan fingerprint density at radius 3 is 2.57 bits per heavy atom. The van der Waals surface area contributed by atoms with E-state index in [-0.39, 0.29) is 5.69 Å². The maximum atomic E-state index is 12.1. The summed E-state index contributed by atoms with van der Waals surface area (Å²) >= 11 is 0. The molecule has 7 nitrogen and oxygen atoms in total. The van der Waals surface area contributed by atoms with E-state index in [1.54, 1.807) is 18.2 Å². The molecule has 2 aromatic rings. The van der Waals surface area contributed by atoms with Crippen molar-refractivity contribution in [3.63, 3.8) is 0 Å². The number of carbonyl (C=O) groups is 2. The van der Waals surface area contributed by atoms with E-state index in [0.717, 1.165) is 11.1 Å². The molecule has 0 radical (unpaired) electrons. The van der Waals surface area contributed by atoms with Gasteiger partial charge in [0.2, 0.25) is 0 Å². The van der Waals surface area contributed by atoms with Crippen molar-refractivity contribution in [1.82, 2.24) is 15.1 Å². The van der Waals surface area contributed by atoms with Crippen LogP contribution in [0.15, 0.2) is 36.8 Å². The molecular weight excluding hydrogens is 272 g/mol. The summed E-state index contributed by atoms with van der Waals surface area (Å²) in [5.74, 6) is 4.01. The fraction of sp³-hybridized carbons (Fsp3) is 0.143. The number of aryl methyl sites for hydroxylation is 2. The van der Waals surface area contributed by atoms with E-state index in [1.165, 1.54) is 18.6 Å². The van der Waals surface area contributed by atoms with Crippen LogP contribution in [0.5, 0.6) is 0 Å². The third kappa shape index (κ3) is 3.40. The second-order valence-corrected chi connectivity index (χ2v) is 4.40. The van der Waals surface area contributed by atoms with Crippen molar-refractivity contribution in [2.45, 2.75) is 13.8 Å². The third-order valence-corrected chi connectivity index (χ3v) is 2.93. The van der Waals surface area contributed by atoms with Gasteiger partial charge in [0, 0.05) is 11.8 Å². The van der Waals surface area contributed by atoms with Crippen molar-refractivity contribution >= 4 is 11.9 Å². The minimum atomic E-state index is -0.836. The first-order chi connectivity index (χ1) is 9.99. The van der Waals surface area contributed by atoms with E-state index in [1.807, 2.05) is 13.8 Å². The van der Waals surface area contributed by atoms with E-state index in [4.69, 9.17) is 10.7 Å². The SMILES string of the molecule is Cc1ccc(C(=O)N(N)OC(=O)c2ccncn2)cc1C. The Bertz CT molecular complexity index is 673. The van der Waals surface area contributed by atoms with Gasteiger partial charge in [0.1, 0.15) is 6.33 Å². The van der Waals surface area contributed by atoms with Crippen molar-refractivity contribution in [3.05, 3.63) is 59.2 Å². The number of hydroxylamine groups is 1. The summed E-state index contributed by atoms with van der Waals surface area (Å²) in [4.78, 5) is 35.9. The third-order valence-electron chi connectivity index (χ3n) is 2.93. The number of hydrogen-bond acceptors (Lipinski definition) is 6. The quantitative estimate of drug-likeness (QED) is 0.505. The molecule has 21 heavy (non-hydrogen) atoms. The zero-order valence-electron chi connectivity index (χ0n) is 11.6. The van der Waals surface area contributed by atoms with Gasteiger partial charge in [0.05, 0.1) is 0 Å². The van der Waals surface area contributed by atoms with Gasteiger partial charge in [-0.15, -0.1) is 0 Å². The molecule has 7 heteroatoms. The monoisotopic (exact) mass is 286 g/mol. The summed E-state index contributed by atoms with van der Waals surface area (Å²) in [5.41, 5.74) is 2.33. The van der Waals surface area contributed by atoms with E-state index in [0.29, 0.717) is 10.7 Å². The Morgan fingerprint density at radius 1 is 1.19 bits per heavy atom. The Hall–Kier alpha value is -2.80. The normalized spacial score (nSPS) is 10.0. The summed E-state index contributed by atoms with van der Waals surface area (Å²) in [5, 5.41) is 0.397. The maximum Gasteiger partial charge on any atom is 0.383 e. The summed E-state index contributed by atoms with van der Waals surface area (Å²) in [6, 6.07) is 6.44. The highest BCUT2D eigenvalue weighted by molar-refractivity contribution is 5.95. The van der Waals surface area contributed by atoms with Gasteiger partial charge in [-0.05, 0) is 43.2 Å². The molecule has 0 atom stereocenters. The van der Waals surface area contributed by atoms with Crippen LogP contribution in [0.25, 0.3) is 0 Å². The first kappa shape index (κ1) is 14.6. The highest BCUT2D eigenvalue weighted by Crippen LogP contribution is 2.11. The van der Waals surface area contributed by atoms with Gasteiger partial charge in [-0.25, -0.2) is 20.6 Å². The molecule has 0 saturated carbocycles. The van der Waals surface area contributed by atoms with Gasteiger partial charge < -0.3 is 4.84 Å². The number of nitrogens with two attached hydrogens (primary N) is 1. The molecule has 0 unspecified atom stereocenters. The maximum absolute atomic E-state index is 12.1. The Morgan fingerprint density at radius 2 is 1.95 bits per heavy atom. The molecule has 0 bridgehead atoms. The molecule has 2 rings (SSSR count). The molecular formula is C14H14N4O3. The van der Waals surface area contributed by atoms with E-state index < -0.39 is 11.9 Å². The van der Waals surface area contributed by atoms with Gasteiger partial charge in [0.25, 0.3) is 0 Å². The van der Waals surface area contributed by atoms with Crippen LogP contribution in [0, 0.1) is 13.8 Å². The lowest BCUT2D eigenvalue weighted by Crippen LogP contribution is -2.39. The van der Waals surface area contributed by atoms with Crippen LogP contribution in [0.3, 0.4) is 0 Å². The van der Waals surface area contributed by atoms with Crippen LogP contribution < -0.4 is 5.84 Å². The first-order valence-electron chi connectivity index (χ1n) is 6.13. The van der Waals surface area contributed by atoms with Crippen LogP contribution in [-0.2, 0) is 4.84 Å². The fourth-order valence-corrected chi connectivity index (χ4v) is 1.59. The number of carbonyl (C=O) groups excluding carboxylic acids is 2. The van der Waals surface area contributed by atoms with Crippen LogP contribution in [0.1, 0.15) is 32.0 Å². The lowest BCUT2D eigenvalue weighted by atomic mass is 10.1. The van der Waals surface area contributed by atoms with E-state index >= 15 is 0 Å². The largest absolute Gasteiger partial charge is 0.383 e. The first-order valence-corrected chi connectivity index (χ1v) is 6.13. The zero-order chi connectivity index (χ0) is 15.4. The van der Waals surface area contributed by atoms with Crippen molar-refractivity contribution in [2.75, 3.05) is 0 Å². The molecule has 2 N–H and O–H groups in total. The van der Waals surface area contributed by atoms with Crippen LogP contribution >= 0.6 is 0 Å². The molecule has 0 aliphatic carbocycles.